The molecule has 6 nitrogen and oxygen atoms in total. The van der Waals surface area contributed by atoms with Crippen molar-refractivity contribution in [2.75, 3.05) is 25.5 Å². The fraction of sp³-hybridized carbons (Fsp3) is 0.300. The lowest BCUT2D eigenvalue weighted by Gasteiger charge is -2.22. The fourth-order valence-corrected chi connectivity index (χ4v) is 2.40. The van der Waals surface area contributed by atoms with Crippen molar-refractivity contribution in [2.24, 2.45) is 4.99 Å². The Morgan fingerprint density at radius 3 is 2.33 bits per heavy atom. The number of aromatic hydroxyl groups is 1. The molecule has 2 aromatic rings. The minimum absolute atomic E-state index is 0. The van der Waals surface area contributed by atoms with Gasteiger partial charge in [-0.2, -0.15) is 0 Å². The molecule has 146 valence electrons. The van der Waals surface area contributed by atoms with Crippen LogP contribution in [0.3, 0.4) is 0 Å². The van der Waals surface area contributed by atoms with Crippen LogP contribution in [0.15, 0.2) is 53.5 Å². The molecule has 0 unspecified atom stereocenters. The lowest BCUT2D eigenvalue weighted by Crippen LogP contribution is -2.39. The topological polar surface area (TPSA) is 77.0 Å². The highest BCUT2D eigenvalue weighted by atomic mass is 127. The molecule has 0 saturated heterocycles. The van der Waals surface area contributed by atoms with Crippen LogP contribution in [0.4, 0.5) is 5.69 Å². The van der Waals surface area contributed by atoms with Gasteiger partial charge in [0.05, 0.1) is 0 Å². The Labute approximate surface area is 177 Å². The molecular formula is C20H27IN4O2. The molecule has 0 atom stereocenters. The maximum Gasteiger partial charge on any atom is 0.246 e. The second-order valence-corrected chi connectivity index (χ2v) is 6.11. The van der Waals surface area contributed by atoms with E-state index in [0.29, 0.717) is 18.2 Å². The van der Waals surface area contributed by atoms with Crippen molar-refractivity contribution in [3.63, 3.8) is 0 Å². The number of phenolic OH excluding ortho intramolecular Hbond substituents is 1. The number of guanidine groups is 1. The van der Waals surface area contributed by atoms with E-state index in [1.54, 1.807) is 12.1 Å². The Kier molecular flexibility index (Phi) is 9.63. The first kappa shape index (κ1) is 22.8. The molecule has 1 amide bonds. The number of carbonyl (C=O) groups is 1. The molecule has 0 aliphatic heterocycles. The summed E-state index contributed by atoms with van der Waals surface area (Å²) in [5.41, 5.74) is 3.03. The largest absolute Gasteiger partial charge is 0.508 e. The first-order chi connectivity index (χ1) is 12.5. The zero-order valence-electron chi connectivity index (χ0n) is 15.9. The number of aryl methyl sites for hydroxylation is 1. The number of anilines is 1. The van der Waals surface area contributed by atoms with Crippen LogP contribution in [0.25, 0.3) is 0 Å². The van der Waals surface area contributed by atoms with Gasteiger partial charge in [0.1, 0.15) is 12.3 Å². The van der Waals surface area contributed by atoms with E-state index >= 15 is 0 Å². The molecule has 2 rings (SSSR count). The molecule has 0 aliphatic carbocycles. The molecule has 0 aliphatic rings. The van der Waals surface area contributed by atoms with Crippen molar-refractivity contribution in [1.29, 1.82) is 0 Å². The summed E-state index contributed by atoms with van der Waals surface area (Å²) in [5.74, 6) is 0.622. The molecule has 7 heteroatoms. The second kappa shape index (κ2) is 11.4. The third-order valence-electron chi connectivity index (χ3n) is 3.76. The summed E-state index contributed by atoms with van der Waals surface area (Å²) < 4.78 is 0. The van der Waals surface area contributed by atoms with Gasteiger partial charge in [-0.1, -0.05) is 29.8 Å². The average molecular weight is 482 g/mol. The molecule has 27 heavy (non-hydrogen) atoms. The number of rotatable bonds is 6. The van der Waals surface area contributed by atoms with Crippen LogP contribution in [0.5, 0.6) is 5.75 Å². The van der Waals surface area contributed by atoms with Crippen LogP contribution in [-0.4, -0.2) is 42.0 Å². The standard InChI is InChI=1S/C20H26N4O2.HI/c1-4-21-20(24(3)14-16-7-5-15(2)6-8-16)22-13-19(26)23-17-9-11-18(25)12-10-17;/h5-12,25H,4,13-14H2,1-3H3,(H,21,22)(H,23,26);1H. The second-order valence-electron chi connectivity index (χ2n) is 6.11. The summed E-state index contributed by atoms with van der Waals surface area (Å²) in [5, 5.41) is 15.2. The number of aliphatic imine (C=N–C) groups is 1. The van der Waals surface area contributed by atoms with Gasteiger partial charge in [-0.3, -0.25) is 4.79 Å². The van der Waals surface area contributed by atoms with E-state index in [-0.39, 0.29) is 42.2 Å². The quantitative estimate of drug-likeness (QED) is 0.256. The minimum Gasteiger partial charge on any atom is -0.508 e. The van der Waals surface area contributed by atoms with E-state index in [9.17, 15) is 9.90 Å². The van der Waals surface area contributed by atoms with E-state index in [2.05, 4.69) is 46.8 Å². The summed E-state index contributed by atoms with van der Waals surface area (Å²) in [6.45, 7) is 5.49. The first-order valence-corrected chi connectivity index (χ1v) is 8.62. The number of carbonyl (C=O) groups excluding carboxylic acids is 1. The van der Waals surface area contributed by atoms with Gasteiger partial charge in [-0.05, 0) is 43.7 Å². The number of halogens is 1. The van der Waals surface area contributed by atoms with Crippen LogP contribution in [0.1, 0.15) is 18.1 Å². The van der Waals surface area contributed by atoms with Gasteiger partial charge in [-0.25, -0.2) is 4.99 Å². The van der Waals surface area contributed by atoms with Crippen molar-refractivity contribution in [1.82, 2.24) is 10.2 Å². The molecular weight excluding hydrogens is 455 g/mol. The van der Waals surface area contributed by atoms with Crippen LogP contribution in [0, 0.1) is 6.92 Å². The third kappa shape index (κ3) is 7.86. The zero-order valence-corrected chi connectivity index (χ0v) is 18.2. The highest BCUT2D eigenvalue weighted by Crippen LogP contribution is 2.13. The molecule has 0 aromatic heterocycles. The number of amides is 1. The van der Waals surface area contributed by atoms with E-state index < -0.39 is 0 Å². The van der Waals surface area contributed by atoms with Crippen molar-refractivity contribution in [3.05, 3.63) is 59.7 Å². The van der Waals surface area contributed by atoms with Crippen molar-refractivity contribution in [2.45, 2.75) is 20.4 Å². The number of phenols is 1. The van der Waals surface area contributed by atoms with Crippen molar-refractivity contribution >= 4 is 41.5 Å². The highest BCUT2D eigenvalue weighted by Gasteiger charge is 2.08. The molecule has 0 heterocycles. The smallest absolute Gasteiger partial charge is 0.246 e. The van der Waals surface area contributed by atoms with Gasteiger partial charge in [0.25, 0.3) is 0 Å². The molecule has 0 saturated carbocycles. The third-order valence-corrected chi connectivity index (χ3v) is 3.76. The summed E-state index contributed by atoms with van der Waals surface area (Å²) in [7, 11) is 1.94. The van der Waals surface area contributed by atoms with Gasteiger partial charge in [-0.15, -0.1) is 24.0 Å². The van der Waals surface area contributed by atoms with E-state index in [1.165, 1.54) is 23.3 Å². The van der Waals surface area contributed by atoms with Crippen LogP contribution in [0.2, 0.25) is 0 Å². The van der Waals surface area contributed by atoms with Crippen molar-refractivity contribution in [3.8, 4) is 5.75 Å². The number of hydrogen-bond acceptors (Lipinski definition) is 3. The molecule has 0 radical (unpaired) electrons. The zero-order chi connectivity index (χ0) is 18.9. The molecule has 2 aromatic carbocycles. The Bertz CT molecular complexity index is 746. The first-order valence-electron chi connectivity index (χ1n) is 8.62. The summed E-state index contributed by atoms with van der Waals surface area (Å²) in [4.78, 5) is 18.5. The summed E-state index contributed by atoms with van der Waals surface area (Å²) in [6.07, 6.45) is 0. The molecule has 3 N–H and O–H groups in total. The lowest BCUT2D eigenvalue weighted by molar-refractivity contribution is -0.114. The molecule has 0 fully saturated rings. The van der Waals surface area contributed by atoms with E-state index in [4.69, 9.17) is 0 Å². The van der Waals surface area contributed by atoms with Gasteiger partial charge < -0.3 is 20.6 Å². The van der Waals surface area contributed by atoms with E-state index in [0.717, 1.165) is 6.54 Å². The number of nitrogens with one attached hydrogen (secondary N) is 2. The monoisotopic (exact) mass is 482 g/mol. The Balaban J connectivity index is 0.00000364. The minimum atomic E-state index is -0.213. The van der Waals surface area contributed by atoms with Crippen molar-refractivity contribution < 1.29 is 9.90 Å². The molecule has 0 bridgehead atoms. The van der Waals surface area contributed by atoms with Gasteiger partial charge in [0, 0.05) is 25.8 Å². The summed E-state index contributed by atoms with van der Waals surface area (Å²) >= 11 is 0. The number of hydrogen-bond donors (Lipinski definition) is 3. The number of benzene rings is 2. The fourth-order valence-electron chi connectivity index (χ4n) is 2.40. The van der Waals surface area contributed by atoms with Crippen LogP contribution in [-0.2, 0) is 11.3 Å². The number of nitrogens with zero attached hydrogens (tertiary/aromatic N) is 2. The molecule has 0 spiro atoms. The predicted molar refractivity (Wildman–Crippen MR) is 121 cm³/mol. The maximum absolute atomic E-state index is 12.1. The van der Waals surface area contributed by atoms with Gasteiger partial charge >= 0.3 is 0 Å². The Hall–Kier alpha value is -2.29. The lowest BCUT2D eigenvalue weighted by atomic mass is 10.1. The van der Waals surface area contributed by atoms with Gasteiger partial charge in [0.15, 0.2) is 5.96 Å². The van der Waals surface area contributed by atoms with Gasteiger partial charge in [0.2, 0.25) is 5.91 Å². The highest BCUT2D eigenvalue weighted by molar-refractivity contribution is 14.0. The van der Waals surface area contributed by atoms with Crippen LogP contribution < -0.4 is 10.6 Å². The Morgan fingerprint density at radius 1 is 1.11 bits per heavy atom. The van der Waals surface area contributed by atoms with E-state index in [1.807, 2.05) is 18.9 Å². The van der Waals surface area contributed by atoms with Crippen LogP contribution >= 0.6 is 24.0 Å². The normalized spacial score (nSPS) is 10.7. The SMILES string of the molecule is CCNC(=NCC(=O)Nc1ccc(O)cc1)N(C)Cc1ccc(C)cc1.I. The summed E-state index contributed by atoms with van der Waals surface area (Å²) in [6, 6.07) is 14.7. The average Bonchev–Trinajstić information content (AvgIpc) is 2.62. The Morgan fingerprint density at radius 2 is 1.74 bits per heavy atom. The maximum atomic E-state index is 12.1. The predicted octanol–water partition coefficient (Wildman–Crippen LogP) is 3.35.